The minimum absolute atomic E-state index is 0.268. The van der Waals surface area contributed by atoms with Gasteiger partial charge in [0, 0.05) is 30.0 Å². The van der Waals surface area contributed by atoms with Crippen LogP contribution in [0.2, 0.25) is 0 Å². The van der Waals surface area contributed by atoms with Crippen molar-refractivity contribution in [3.8, 4) is 0 Å². The molecule has 0 bridgehead atoms. The Morgan fingerprint density at radius 1 is 1.39 bits per heavy atom. The average molecular weight is 241 g/mol. The number of aromatic nitrogens is 4. The van der Waals surface area contributed by atoms with Gasteiger partial charge in [-0.2, -0.15) is 5.10 Å². The van der Waals surface area contributed by atoms with Gasteiger partial charge in [-0.05, 0) is 31.2 Å². The summed E-state index contributed by atoms with van der Waals surface area (Å²) in [7, 11) is 0. The molecule has 18 heavy (non-hydrogen) atoms. The smallest absolute Gasteiger partial charge is 0.139 e. The van der Waals surface area contributed by atoms with Gasteiger partial charge in [0.05, 0.1) is 6.54 Å². The highest BCUT2D eigenvalue weighted by Gasteiger charge is 2.05. The van der Waals surface area contributed by atoms with Crippen LogP contribution < -0.4 is 5.32 Å². The number of anilines is 1. The predicted molar refractivity (Wildman–Crippen MR) is 71.4 cm³/mol. The first-order chi connectivity index (χ1) is 8.81. The Balaban J connectivity index is 1.71. The van der Waals surface area contributed by atoms with Gasteiger partial charge in [0.1, 0.15) is 11.5 Å². The van der Waals surface area contributed by atoms with Crippen molar-refractivity contribution >= 4 is 16.9 Å². The van der Waals surface area contributed by atoms with Crippen LogP contribution in [0, 0.1) is 0 Å². The lowest BCUT2D eigenvalue weighted by atomic mass is 10.3. The minimum Gasteiger partial charge on any atom is -0.366 e. The summed E-state index contributed by atoms with van der Waals surface area (Å²) in [5.74, 6) is 0.879. The van der Waals surface area contributed by atoms with Crippen LogP contribution in [0.4, 0.5) is 5.82 Å². The number of nitrogens with one attached hydrogen (secondary N) is 2. The normalized spacial score (nSPS) is 12.7. The molecule has 0 aliphatic rings. The number of rotatable bonds is 4. The molecule has 0 radical (unpaired) electrons. The van der Waals surface area contributed by atoms with Crippen molar-refractivity contribution in [2.75, 3.05) is 5.32 Å². The van der Waals surface area contributed by atoms with Gasteiger partial charge in [0.2, 0.25) is 0 Å². The van der Waals surface area contributed by atoms with E-state index in [4.69, 9.17) is 0 Å². The topological polar surface area (TPSA) is 58.5 Å². The lowest BCUT2D eigenvalue weighted by molar-refractivity contribution is 0.560. The molecule has 5 heteroatoms. The van der Waals surface area contributed by atoms with E-state index in [-0.39, 0.29) is 6.04 Å². The van der Waals surface area contributed by atoms with Gasteiger partial charge < -0.3 is 10.3 Å². The van der Waals surface area contributed by atoms with E-state index in [0.29, 0.717) is 0 Å². The van der Waals surface area contributed by atoms with Crippen LogP contribution in [0.3, 0.4) is 0 Å². The van der Waals surface area contributed by atoms with Crippen LogP contribution in [0.1, 0.15) is 6.92 Å². The number of H-pyrrole nitrogens is 1. The van der Waals surface area contributed by atoms with E-state index in [2.05, 4.69) is 33.4 Å². The molecule has 3 aromatic heterocycles. The second kappa shape index (κ2) is 4.52. The Morgan fingerprint density at radius 2 is 2.33 bits per heavy atom. The van der Waals surface area contributed by atoms with Crippen molar-refractivity contribution in [1.29, 1.82) is 0 Å². The highest BCUT2D eigenvalue weighted by atomic mass is 15.3. The molecule has 5 nitrogen and oxygen atoms in total. The van der Waals surface area contributed by atoms with Gasteiger partial charge in [0.25, 0.3) is 0 Å². The summed E-state index contributed by atoms with van der Waals surface area (Å²) in [5, 5.41) is 8.68. The van der Waals surface area contributed by atoms with E-state index in [1.54, 1.807) is 6.20 Å². The van der Waals surface area contributed by atoms with E-state index >= 15 is 0 Å². The van der Waals surface area contributed by atoms with E-state index < -0.39 is 0 Å². The average Bonchev–Trinajstić information content (AvgIpc) is 2.98. The SMILES string of the molecule is C[C@H](Cn1cccn1)Nc1ccc2cc[nH]c2n1. The first kappa shape index (κ1) is 10.8. The molecule has 0 saturated carbocycles. The molecule has 92 valence electrons. The molecule has 2 N–H and O–H groups in total. The number of nitrogens with zero attached hydrogens (tertiary/aromatic N) is 3. The van der Waals surface area contributed by atoms with Crippen LogP contribution in [-0.2, 0) is 6.54 Å². The molecule has 0 aromatic carbocycles. The summed E-state index contributed by atoms with van der Waals surface area (Å²) in [6.07, 6.45) is 5.64. The highest BCUT2D eigenvalue weighted by molar-refractivity contribution is 5.77. The van der Waals surface area contributed by atoms with Gasteiger partial charge in [-0.25, -0.2) is 4.98 Å². The van der Waals surface area contributed by atoms with E-state index in [1.165, 1.54) is 0 Å². The molecule has 0 aliphatic heterocycles. The Hall–Kier alpha value is -2.30. The summed E-state index contributed by atoms with van der Waals surface area (Å²) >= 11 is 0. The zero-order valence-corrected chi connectivity index (χ0v) is 10.2. The molecule has 0 aliphatic carbocycles. The quantitative estimate of drug-likeness (QED) is 0.736. The summed E-state index contributed by atoms with van der Waals surface area (Å²) in [6.45, 7) is 2.93. The molecule has 0 spiro atoms. The number of fused-ring (bicyclic) bond motifs is 1. The largest absolute Gasteiger partial charge is 0.366 e. The molecular weight excluding hydrogens is 226 g/mol. The second-order valence-corrected chi connectivity index (χ2v) is 4.39. The van der Waals surface area contributed by atoms with Crippen molar-refractivity contribution in [2.24, 2.45) is 0 Å². The number of aromatic amines is 1. The Bertz CT molecular complexity index is 626. The zero-order valence-electron chi connectivity index (χ0n) is 10.2. The number of hydrogen-bond acceptors (Lipinski definition) is 3. The first-order valence-corrected chi connectivity index (χ1v) is 5.99. The fraction of sp³-hybridized carbons (Fsp3) is 0.231. The van der Waals surface area contributed by atoms with E-state index in [1.807, 2.05) is 35.3 Å². The maximum atomic E-state index is 4.51. The Labute approximate surface area is 105 Å². The van der Waals surface area contributed by atoms with Crippen LogP contribution in [0.5, 0.6) is 0 Å². The van der Waals surface area contributed by atoms with Crippen molar-refractivity contribution in [3.63, 3.8) is 0 Å². The summed E-state index contributed by atoms with van der Waals surface area (Å²) in [6, 6.07) is 8.26. The van der Waals surface area contributed by atoms with Crippen molar-refractivity contribution in [2.45, 2.75) is 19.5 Å². The molecule has 0 saturated heterocycles. The predicted octanol–water partition coefficient (Wildman–Crippen LogP) is 2.26. The zero-order chi connectivity index (χ0) is 12.4. The Morgan fingerprint density at radius 3 is 3.17 bits per heavy atom. The molecular formula is C13H15N5. The summed E-state index contributed by atoms with van der Waals surface area (Å²) in [5.41, 5.74) is 0.909. The standard InChI is InChI=1S/C13H15N5/c1-10(9-18-8-2-6-15-18)16-12-4-3-11-5-7-14-13(11)17-12/h2-8,10H,9H2,1H3,(H2,14,16,17)/t10-/m1/s1. The van der Waals surface area contributed by atoms with Gasteiger partial charge >= 0.3 is 0 Å². The van der Waals surface area contributed by atoms with E-state index in [9.17, 15) is 0 Å². The van der Waals surface area contributed by atoms with E-state index in [0.717, 1.165) is 23.4 Å². The third kappa shape index (κ3) is 2.20. The molecule has 0 fully saturated rings. The molecule has 0 unspecified atom stereocenters. The van der Waals surface area contributed by atoms with Crippen LogP contribution >= 0.6 is 0 Å². The summed E-state index contributed by atoms with van der Waals surface area (Å²) in [4.78, 5) is 7.62. The fourth-order valence-electron chi connectivity index (χ4n) is 2.00. The van der Waals surface area contributed by atoms with Gasteiger partial charge in [0.15, 0.2) is 0 Å². The van der Waals surface area contributed by atoms with Crippen molar-refractivity contribution in [3.05, 3.63) is 42.9 Å². The number of hydrogen-bond donors (Lipinski definition) is 2. The first-order valence-electron chi connectivity index (χ1n) is 5.99. The fourth-order valence-corrected chi connectivity index (χ4v) is 2.00. The summed E-state index contributed by atoms with van der Waals surface area (Å²) < 4.78 is 1.91. The maximum absolute atomic E-state index is 4.51. The van der Waals surface area contributed by atoms with Crippen LogP contribution in [0.15, 0.2) is 42.9 Å². The molecule has 3 aromatic rings. The monoisotopic (exact) mass is 241 g/mol. The van der Waals surface area contributed by atoms with Gasteiger partial charge in [-0.1, -0.05) is 0 Å². The molecule has 0 amide bonds. The van der Waals surface area contributed by atoms with Crippen molar-refractivity contribution < 1.29 is 0 Å². The molecule has 3 heterocycles. The van der Waals surface area contributed by atoms with Gasteiger partial charge in [-0.3, -0.25) is 4.68 Å². The third-order valence-electron chi connectivity index (χ3n) is 2.82. The Kier molecular flexibility index (Phi) is 2.72. The highest BCUT2D eigenvalue weighted by Crippen LogP contribution is 2.14. The molecule has 1 atom stereocenters. The number of pyridine rings is 1. The second-order valence-electron chi connectivity index (χ2n) is 4.39. The maximum Gasteiger partial charge on any atom is 0.139 e. The lowest BCUT2D eigenvalue weighted by Gasteiger charge is -2.14. The van der Waals surface area contributed by atoms with Gasteiger partial charge in [-0.15, -0.1) is 0 Å². The lowest BCUT2D eigenvalue weighted by Crippen LogP contribution is -2.22. The minimum atomic E-state index is 0.268. The van der Waals surface area contributed by atoms with Crippen LogP contribution in [0.25, 0.3) is 11.0 Å². The third-order valence-corrected chi connectivity index (χ3v) is 2.82. The van der Waals surface area contributed by atoms with Crippen molar-refractivity contribution in [1.82, 2.24) is 19.7 Å². The molecule has 3 rings (SSSR count). The van der Waals surface area contributed by atoms with Crippen LogP contribution in [-0.4, -0.2) is 25.8 Å².